The van der Waals surface area contributed by atoms with Gasteiger partial charge in [0.1, 0.15) is 5.59 Å². The van der Waals surface area contributed by atoms with Crippen molar-refractivity contribution >= 4 is 0 Å². The quantitative estimate of drug-likeness (QED) is 0.376. The normalized spacial score (nSPS) is 0.875. The van der Waals surface area contributed by atoms with Crippen LogP contribution in [0.5, 0.6) is 0 Å². The Bertz CT molecular complexity index is 102. The van der Waals surface area contributed by atoms with Crippen LogP contribution < -0.4 is 5.59 Å². The molecule has 0 fully saturated rings. The minimum absolute atomic E-state index is 0. The van der Waals surface area contributed by atoms with Gasteiger partial charge in [0.15, 0.2) is 0 Å². The predicted octanol–water partition coefficient (Wildman–Crippen LogP) is -1.62. The van der Waals surface area contributed by atoms with Crippen LogP contribution in [0.15, 0.2) is 0 Å². The van der Waals surface area contributed by atoms with Gasteiger partial charge >= 0.3 is 34.1 Å². The van der Waals surface area contributed by atoms with Crippen molar-refractivity contribution in [2.24, 2.45) is 0 Å². The van der Waals surface area contributed by atoms with Gasteiger partial charge in [-0.2, -0.15) is 0 Å². The van der Waals surface area contributed by atoms with E-state index in [-0.39, 0.29) is 45.1 Å². The fourth-order valence-electron chi connectivity index (χ4n) is 0. The zero-order valence-electron chi connectivity index (χ0n) is 7.25. The van der Waals surface area contributed by atoms with Crippen molar-refractivity contribution in [1.29, 1.82) is 26.3 Å². The van der Waals surface area contributed by atoms with Crippen molar-refractivity contribution in [2.45, 2.75) is 0 Å². The molecule has 11 heteroatoms. The maximum absolute atomic E-state index is 7.25. The molecule has 0 aliphatic carbocycles. The van der Waals surface area contributed by atoms with Crippen molar-refractivity contribution in [3.63, 3.8) is 0 Å². The molecule has 4 N–H and O–H groups in total. The van der Waals surface area contributed by atoms with E-state index in [1.54, 1.807) is 0 Å². The number of hydrogen-bond donors (Lipinski definition) is 0. The third-order valence-electron chi connectivity index (χ3n) is 0. The van der Waals surface area contributed by atoms with Gasteiger partial charge in [0.05, 0.1) is 0 Å². The Balaban J connectivity index is -0.00000000321. The molecule has 0 heterocycles. The van der Waals surface area contributed by atoms with Gasteiger partial charge in [0.2, 0.25) is 0 Å². The van der Waals surface area contributed by atoms with E-state index in [9.17, 15) is 0 Å². The van der Waals surface area contributed by atoms with E-state index in [2.05, 4.69) is 0 Å². The second kappa shape index (κ2) is 473. The van der Waals surface area contributed by atoms with Crippen molar-refractivity contribution in [3.05, 3.63) is 37.8 Å². The average Bonchev–Trinajstić information content (AvgIpc) is 2.33. The van der Waals surface area contributed by atoms with Gasteiger partial charge in [-0.3, -0.25) is 0 Å². The van der Waals surface area contributed by atoms with Crippen molar-refractivity contribution < 1.29 is 45.1 Å². The maximum Gasteiger partial charge on any atom is 3.00 e. The van der Waals surface area contributed by atoms with Gasteiger partial charge in [-0.05, 0) is 0 Å². The van der Waals surface area contributed by atoms with Crippen LogP contribution in [0.1, 0.15) is 0 Å². The summed E-state index contributed by atoms with van der Waals surface area (Å²) in [5.74, 6) is 0. The second-order valence-electron chi connectivity index (χ2n) is 0. The summed E-state index contributed by atoms with van der Waals surface area (Å²) in [7, 11) is 0. The number of nitrogens with zero attached hydrogens (tertiary/aromatic N) is 6. The topological polar surface area (TPSA) is 221 Å². The summed E-state index contributed by atoms with van der Waals surface area (Å²) in [6.45, 7) is 23.8. The monoisotopic (exact) mass is 315 g/mol. The zero-order chi connectivity index (χ0) is 12.0. The van der Waals surface area contributed by atoms with Crippen LogP contribution in [0.2, 0.25) is 0 Å². The number of nitroso groups, excluding NO2 is 1. The van der Waals surface area contributed by atoms with E-state index >= 15 is 0 Å². The molecule has 0 amide bonds. The Morgan fingerprint density at radius 1 is 0.500 bits per heavy atom. The van der Waals surface area contributed by atoms with Crippen LogP contribution >= 0.6 is 0 Å². The molecule has 0 atom stereocenters. The van der Waals surface area contributed by atoms with Crippen molar-refractivity contribution in [3.8, 4) is 0 Å². The van der Waals surface area contributed by atoms with Crippen LogP contribution in [0, 0.1) is 64.1 Å². The molecule has 0 aliphatic heterocycles. The van der Waals surface area contributed by atoms with Crippen LogP contribution in [0.25, 0.3) is 0 Å². The molecule has 91 valence electrons. The van der Waals surface area contributed by atoms with E-state index in [1.807, 2.05) is 0 Å². The molecule has 0 aromatic carbocycles. The predicted molar refractivity (Wildman–Crippen MR) is 37.6 cm³/mol. The minimum atomic E-state index is 0. The van der Waals surface area contributed by atoms with E-state index in [0.29, 0.717) is 0 Å². The van der Waals surface area contributed by atoms with Gasteiger partial charge in [-0.25, -0.2) is 0 Å². The third kappa shape index (κ3) is 367. The van der Waals surface area contributed by atoms with E-state index in [1.165, 1.54) is 0 Å². The molecular formula is C5H4CuFeN6O3. The number of hydrogen-bond acceptors (Lipinski definition) is 6. The summed E-state index contributed by atoms with van der Waals surface area (Å²) in [6, 6.07) is 0. The molecule has 0 spiro atoms. The van der Waals surface area contributed by atoms with Crippen LogP contribution in [-0.4, -0.2) is 11.0 Å². The smallest absolute Gasteiger partial charge is 0.512 e. The molecule has 0 aromatic heterocycles. The van der Waals surface area contributed by atoms with Gasteiger partial charge in [0.25, 0.3) is 0 Å². The standard InChI is InChI=1S/5CN.Cu.Fe.NO.2H2O/c5*1-2;;;1-2;;/h;;;;;;;;2*1H2/q5*-1;+2;+3;;;. The summed E-state index contributed by atoms with van der Waals surface area (Å²) in [4.78, 5) is 7.25. The molecule has 0 aromatic rings. The summed E-state index contributed by atoms with van der Waals surface area (Å²) < 4.78 is 0. The van der Waals surface area contributed by atoms with Gasteiger partial charge in [-0.15, -0.1) is 4.91 Å². The first-order valence-electron chi connectivity index (χ1n) is 1.30. The molecule has 0 saturated heterocycles. The molecular weight excluding hydrogens is 311 g/mol. The van der Waals surface area contributed by atoms with E-state index < -0.39 is 0 Å². The third-order valence-corrected chi connectivity index (χ3v) is 0. The van der Waals surface area contributed by atoms with Crippen molar-refractivity contribution in [1.82, 2.24) is 5.59 Å². The Labute approximate surface area is 115 Å². The minimum Gasteiger partial charge on any atom is -0.512 e. The second-order valence-corrected chi connectivity index (χ2v) is 0. The summed E-state index contributed by atoms with van der Waals surface area (Å²) in [5, 5.41) is 31.2. The first kappa shape index (κ1) is 148. The van der Waals surface area contributed by atoms with Crippen LogP contribution in [-0.2, 0) is 34.1 Å². The van der Waals surface area contributed by atoms with E-state index in [4.69, 9.17) is 69.7 Å². The molecule has 0 unspecified atom stereocenters. The van der Waals surface area contributed by atoms with Gasteiger partial charge < -0.3 is 70.1 Å². The average molecular weight is 316 g/mol. The molecule has 0 saturated carbocycles. The summed E-state index contributed by atoms with van der Waals surface area (Å²) >= 11 is 0. The zero-order valence-corrected chi connectivity index (χ0v) is 9.29. The molecule has 3 radical (unpaired) electrons. The first-order chi connectivity index (χ1) is 6.00. The Morgan fingerprint density at radius 2 is 0.500 bits per heavy atom. The largest absolute Gasteiger partial charge is 3.00 e. The Morgan fingerprint density at radius 3 is 0.500 bits per heavy atom. The molecule has 0 aliphatic rings. The van der Waals surface area contributed by atoms with Gasteiger partial charge in [0, 0.05) is 0 Å². The SMILES string of the molecule is O.O.[C-]#N.[C-]#N.[C-]#N.[C-]#N.[C-]#N.[Cu+2].[Fe+3].[N]=O. The summed E-state index contributed by atoms with van der Waals surface area (Å²) in [5.41, 5.74) is 5.75. The summed E-state index contributed by atoms with van der Waals surface area (Å²) in [6.07, 6.45) is 0. The molecule has 0 rings (SSSR count). The fraction of sp³-hybridized carbons (Fsp3) is 0. The van der Waals surface area contributed by atoms with Crippen LogP contribution in [0.4, 0.5) is 0 Å². The van der Waals surface area contributed by atoms with E-state index in [0.717, 1.165) is 0 Å². The maximum atomic E-state index is 7.25. The molecule has 9 nitrogen and oxygen atoms in total. The fourth-order valence-corrected chi connectivity index (χ4v) is 0. The van der Waals surface area contributed by atoms with Crippen LogP contribution in [0.3, 0.4) is 0 Å². The number of rotatable bonds is 0. The van der Waals surface area contributed by atoms with Gasteiger partial charge in [-0.1, -0.05) is 0 Å². The Kier molecular flexibility index (Phi) is 4360. The first-order valence-corrected chi connectivity index (χ1v) is 1.30. The Hall–Kier alpha value is -1.99. The molecule has 16 heavy (non-hydrogen) atoms. The van der Waals surface area contributed by atoms with Crippen molar-refractivity contribution in [2.75, 3.05) is 0 Å². The molecule has 0 bridgehead atoms.